The number of ether oxygens (including phenoxy) is 1. The molecule has 0 saturated carbocycles. The molecular formula is C27H30ClNO. The van der Waals surface area contributed by atoms with Crippen molar-refractivity contribution in [3.05, 3.63) is 101 Å². The zero-order valence-electron chi connectivity index (χ0n) is 17.6. The van der Waals surface area contributed by atoms with E-state index < -0.39 is 0 Å². The van der Waals surface area contributed by atoms with Crippen LogP contribution < -0.4 is 4.74 Å². The lowest BCUT2D eigenvalue weighted by molar-refractivity contribution is 0.0767. The number of hydrogen-bond acceptors (Lipinski definition) is 2. The van der Waals surface area contributed by atoms with Crippen LogP contribution in [0.15, 0.2) is 78.9 Å². The smallest absolute Gasteiger partial charge is 0.122 e. The first-order chi connectivity index (χ1) is 14.7. The highest BCUT2D eigenvalue weighted by atomic mass is 35.5. The van der Waals surface area contributed by atoms with Crippen LogP contribution in [0.3, 0.4) is 0 Å². The third-order valence-electron chi connectivity index (χ3n) is 6.06. The summed E-state index contributed by atoms with van der Waals surface area (Å²) in [7, 11) is 0. The highest BCUT2D eigenvalue weighted by Crippen LogP contribution is 2.32. The minimum absolute atomic E-state index is 0.206. The third kappa shape index (κ3) is 5.44. The van der Waals surface area contributed by atoms with E-state index in [4.69, 9.17) is 16.3 Å². The Labute approximate surface area is 185 Å². The zero-order chi connectivity index (χ0) is 20.8. The first-order valence-electron chi connectivity index (χ1n) is 10.9. The largest absolute Gasteiger partial charge is 0.489 e. The second-order valence-corrected chi connectivity index (χ2v) is 8.70. The van der Waals surface area contributed by atoms with Gasteiger partial charge in [0.05, 0.1) is 0 Å². The summed E-state index contributed by atoms with van der Waals surface area (Å²) in [6, 6.07) is 27.4. The van der Waals surface area contributed by atoms with Crippen LogP contribution >= 0.6 is 11.6 Å². The zero-order valence-corrected chi connectivity index (χ0v) is 18.4. The van der Waals surface area contributed by atoms with Crippen molar-refractivity contribution in [1.29, 1.82) is 0 Å². The molecule has 2 nitrogen and oxygen atoms in total. The highest BCUT2D eigenvalue weighted by molar-refractivity contribution is 6.30. The van der Waals surface area contributed by atoms with E-state index >= 15 is 0 Å². The van der Waals surface area contributed by atoms with E-state index in [0.717, 1.165) is 49.7 Å². The number of para-hydroxylation sites is 1. The number of nitrogens with zero attached hydrogens (tertiary/aromatic N) is 1. The van der Waals surface area contributed by atoms with Gasteiger partial charge in [-0.2, -0.15) is 0 Å². The Hall–Kier alpha value is -2.29. The standard InChI is InChI=1S/C27H30ClNO/c1-21-9-5-6-15-26(21)30-27-16-18-29(20-25(27)23-12-3-2-4-13-23)17-8-11-22-10-7-14-24(28)19-22/h2-7,9-10,12-15,19,25,27H,8,11,16-18,20H2,1H3. The molecule has 1 aliphatic heterocycles. The predicted molar refractivity (Wildman–Crippen MR) is 126 cm³/mol. The maximum absolute atomic E-state index is 6.55. The lowest BCUT2D eigenvalue weighted by Gasteiger charge is -2.39. The van der Waals surface area contributed by atoms with Crippen LogP contribution in [-0.2, 0) is 6.42 Å². The average Bonchev–Trinajstić information content (AvgIpc) is 2.77. The average molecular weight is 420 g/mol. The van der Waals surface area contributed by atoms with E-state index in [0.29, 0.717) is 5.92 Å². The fourth-order valence-corrected chi connectivity index (χ4v) is 4.63. The van der Waals surface area contributed by atoms with Crippen LogP contribution in [0.2, 0.25) is 5.02 Å². The topological polar surface area (TPSA) is 12.5 Å². The van der Waals surface area contributed by atoms with E-state index in [-0.39, 0.29) is 6.10 Å². The second-order valence-electron chi connectivity index (χ2n) is 8.26. The highest BCUT2D eigenvalue weighted by Gasteiger charge is 2.32. The number of halogens is 1. The molecule has 1 fully saturated rings. The molecule has 0 bridgehead atoms. The lowest BCUT2D eigenvalue weighted by atomic mass is 9.87. The van der Waals surface area contributed by atoms with Gasteiger partial charge in [0.25, 0.3) is 0 Å². The van der Waals surface area contributed by atoms with Crippen molar-refractivity contribution in [2.45, 2.75) is 38.2 Å². The van der Waals surface area contributed by atoms with Crippen LogP contribution in [0.5, 0.6) is 5.75 Å². The molecule has 2 unspecified atom stereocenters. The molecule has 3 heteroatoms. The first kappa shape index (κ1) is 21.0. The van der Waals surface area contributed by atoms with Gasteiger partial charge >= 0.3 is 0 Å². The second kappa shape index (κ2) is 10.1. The van der Waals surface area contributed by atoms with E-state index in [9.17, 15) is 0 Å². The lowest BCUT2D eigenvalue weighted by Crippen LogP contribution is -2.44. The van der Waals surface area contributed by atoms with Gasteiger partial charge < -0.3 is 9.64 Å². The molecule has 0 spiro atoms. The number of piperidine rings is 1. The van der Waals surface area contributed by atoms with Gasteiger partial charge in [-0.3, -0.25) is 0 Å². The summed E-state index contributed by atoms with van der Waals surface area (Å²) in [5.41, 5.74) is 3.89. The van der Waals surface area contributed by atoms with Gasteiger partial charge in [0, 0.05) is 24.0 Å². The quantitative estimate of drug-likeness (QED) is 0.432. The van der Waals surface area contributed by atoms with Crippen molar-refractivity contribution in [1.82, 2.24) is 4.90 Å². The van der Waals surface area contributed by atoms with Gasteiger partial charge in [0.15, 0.2) is 0 Å². The Morgan fingerprint density at radius 2 is 1.77 bits per heavy atom. The summed E-state index contributed by atoms with van der Waals surface area (Å²) in [5.74, 6) is 1.39. The Morgan fingerprint density at radius 1 is 0.967 bits per heavy atom. The van der Waals surface area contributed by atoms with Gasteiger partial charge in [0.2, 0.25) is 0 Å². The van der Waals surface area contributed by atoms with E-state index in [1.165, 1.54) is 16.7 Å². The number of hydrogen-bond donors (Lipinski definition) is 0. The summed E-state index contributed by atoms with van der Waals surface area (Å²) >= 11 is 6.13. The maximum atomic E-state index is 6.55. The fraction of sp³-hybridized carbons (Fsp3) is 0.333. The molecule has 156 valence electrons. The molecule has 4 rings (SSSR count). The summed E-state index contributed by atoms with van der Waals surface area (Å²) in [6.45, 7) is 5.34. The van der Waals surface area contributed by atoms with Crippen molar-refractivity contribution < 1.29 is 4.74 Å². The van der Waals surface area contributed by atoms with Crippen molar-refractivity contribution in [3.63, 3.8) is 0 Å². The Morgan fingerprint density at radius 3 is 2.57 bits per heavy atom. The van der Waals surface area contributed by atoms with Gasteiger partial charge in [-0.25, -0.2) is 0 Å². The normalized spacial score (nSPS) is 19.5. The number of aryl methyl sites for hydroxylation is 2. The molecule has 1 heterocycles. The molecule has 1 aliphatic rings. The molecule has 3 aromatic carbocycles. The summed E-state index contributed by atoms with van der Waals surface area (Å²) in [6.07, 6.45) is 3.46. The summed E-state index contributed by atoms with van der Waals surface area (Å²) < 4.78 is 6.55. The minimum atomic E-state index is 0.206. The van der Waals surface area contributed by atoms with Gasteiger partial charge in [-0.15, -0.1) is 0 Å². The molecule has 1 saturated heterocycles. The van der Waals surface area contributed by atoms with E-state index in [1.54, 1.807) is 0 Å². The van der Waals surface area contributed by atoms with Crippen LogP contribution in [-0.4, -0.2) is 30.6 Å². The monoisotopic (exact) mass is 419 g/mol. The van der Waals surface area contributed by atoms with Crippen LogP contribution in [0.25, 0.3) is 0 Å². The minimum Gasteiger partial charge on any atom is -0.489 e. The van der Waals surface area contributed by atoms with Crippen molar-refractivity contribution in [2.24, 2.45) is 0 Å². The van der Waals surface area contributed by atoms with Gasteiger partial charge in [-0.1, -0.05) is 72.3 Å². The molecule has 2 atom stereocenters. The van der Waals surface area contributed by atoms with Crippen molar-refractivity contribution in [3.8, 4) is 5.75 Å². The third-order valence-corrected chi connectivity index (χ3v) is 6.30. The molecule has 30 heavy (non-hydrogen) atoms. The Balaban J connectivity index is 1.41. The molecule has 0 aliphatic carbocycles. The van der Waals surface area contributed by atoms with Crippen molar-refractivity contribution in [2.75, 3.05) is 19.6 Å². The number of benzene rings is 3. The molecule has 0 radical (unpaired) electrons. The SMILES string of the molecule is Cc1ccccc1OC1CCN(CCCc2cccc(Cl)c2)CC1c1ccccc1. The molecule has 0 N–H and O–H groups in total. The molecule has 3 aromatic rings. The maximum Gasteiger partial charge on any atom is 0.122 e. The first-order valence-corrected chi connectivity index (χ1v) is 11.3. The van der Waals surface area contributed by atoms with E-state index in [1.807, 2.05) is 12.1 Å². The van der Waals surface area contributed by atoms with Gasteiger partial charge in [-0.05, 0) is 67.6 Å². The summed E-state index contributed by atoms with van der Waals surface area (Å²) in [4.78, 5) is 2.60. The molecular weight excluding hydrogens is 390 g/mol. The predicted octanol–water partition coefficient (Wildman–Crippen LogP) is 6.52. The van der Waals surface area contributed by atoms with E-state index in [2.05, 4.69) is 78.6 Å². The van der Waals surface area contributed by atoms with Crippen molar-refractivity contribution >= 4 is 11.6 Å². The molecule has 0 aromatic heterocycles. The van der Waals surface area contributed by atoms with Crippen LogP contribution in [0.4, 0.5) is 0 Å². The molecule has 0 amide bonds. The van der Waals surface area contributed by atoms with Crippen LogP contribution in [0, 0.1) is 6.92 Å². The number of rotatable bonds is 7. The van der Waals surface area contributed by atoms with Gasteiger partial charge in [0.1, 0.15) is 11.9 Å². The fourth-order valence-electron chi connectivity index (χ4n) is 4.41. The van der Waals surface area contributed by atoms with Crippen LogP contribution in [0.1, 0.15) is 35.4 Å². The Bertz CT molecular complexity index is 942. The number of likely N-dealkylation sites (tertiary alicyclic amines) is 1. The Kier molecular flexibility index (Phi) is 7.09. The summed E-state index contributed by atoms with van der Waals surface area (Å²) in [5, 5.41) is 0.825.